The molecule has 0 fully saturated rings. The fourth-order valence-corrected chi connectivity index (χ4v) is 2.21. The zero-order valence-electron chi connectivity index (χ0n) is 11.6. The monoisotopic (exact) mass is 270 g/mol. The Morgan fingerprint density at radius 3 is 2.55 bits per heavy atom. The van der Waals surface area contributed by atoms with Crippen molar-refractivity contribution in [1.29, 1.82) is 0 Å². The number of hydrogen-bond acceptors (Lipinski definition) is 2. The predicted octanol–water partition coefficient (Wildman–Crippen LogP) is 3.99. The van der Waals surface area contributed by atoms with Gasteiger partial charge in [-0.2, -0.15) is 0 Å². The molecule has 20 heavy (non-hydrogen) atoms. The predicted molar refractivity (Wildman–Crippen MR) is 77.5 cm³/mol. The zero-order chi connectivity index (χ0) is 14.3. The van der Waals surface area contributed by atoms with Crippen LogP contribution < -0.4 is 4.74 Å². The highest BCUT2D eigenvalue weighted by Crippen LogP contribution is 2.27. The third-order valence-corrected chi connectivity index (χ3v) is 3.53. The van der Waals surface area contributed by atoms with Crippen LogP contribution in [-0.4, -0.2) is 17.1 Å². The number of halogens is 1. The molecule has 1 heterocycles. The van der Waals surface area contributed by atoms with Gasteiger partial charge in [0.2, 0.25) is 0 Å². The van der Waals surface area contributed by atoms with E-state index in [9.17, 15) is 4.39 Å². The molecule has 0 spiro atoms. The molecule has 1 aromatic heterocycles. The Bertz CT molecular complexity index is 754. The molecule has 4 heteroatoms. The van der Waals surface area contributed by atoms with Gasteiger partial charge in [-0.15, -0.1) is 0 Å². The number of methoxy groups -OCH3 is 1. The van der Waals surface area contributed by atoms with Gasteiger partial charge in [0.15, 0.2) is 0 Å². The molecule has 0 bridgehead atoms. The second-order valence-corrected chi connectivity index (χ2v) is 4.88. The molecule has 0 aliphatic rings. The third-order valence-electron chi connectivity index (χ3n) is 3.53. The molecular formula is C16H15FN2O. The van der Waals surface area contributed by atoms with Crippen LogP contribution in [0.3, 0.4) is 0 Å². The molecule has 102 valence electrons. The van der Waals surface area contributed by atoms with E-state index in [-0.39, 0.29) is 5.82 Å². The largest absolute Gasteiger partial charge is 0.497 e. The van der Waals surface area contributed by atoms with Crippen molar-refractivity contribution in [1.82, 2.24) is 9.97 Å². The minimum atomic E-state index is -0.350. The summed E-state index contributed by atoms with van der Waals surface area (Å²) in [5.41, 5.74) is 4.56. The summed E-state index contributed by atoms with van der Waals surface area (Å²) in [5.74, 6) is 0.677. The number of fused-ring (bicyclic) bond motifs is 1. The summed E-state index contributed by atoms with van der Waals surface area (Å²) in [5, 5.41) is 0. The normalized spacial score (nSPS) is 11.0. The van der Waals surface area contributed by atoms with E-state index in [1.54, 1.807) is 12.1 Å². The second kappa shape index (κ2) is 4.63. The summed E-state index contributed by atoms with van der Waals surface area (Å²) in [6.07, 6.45) is 0. The molecular weight excluding hydrogens is 255 g/mol. The first kappa shape index (κ1) is 12.7. The highest BCUT2D eigenvalue weighted by Gasteiger charge is 2.11. The van der Waals surface area contributed by atoms with Crippen molar-refractivity contribution in [2.45, 2.75) is 13.8 Å². The standard InChI is InChI=1S/C16H15FN2O/c1-9-6-14-15(7-10(9)2)19-16(18-14)12-5-4-11(20-3)8-13(12)17/h4-8H,1-3H3,(H,18,19). The average molecular weight is 270 g/mol. The van der Waals surface area contributed by atoms with Crippen LogP contribution in [0.15, 0.2) is 30.3 Å². The van der Waals surface area contributed by atoms with Crippen molar-refractivity contribution in [3.63, 3.8) is 0 Å². The number of aromatic nitrogens is 2. The van der Waals surface area contributed by atoms with Crippen LogP contribution in [0.2, 0.25) is 0 Å². The Morgan fingerprint density at radius 2 is 1.85 bits per heavy atom. The first-order valence-corrected chi connectivity index (χ1v) is 6.39. The second-order valence-electron chi connectivity index (χ2n) is 4.88. The number of ether oxygens (including phenoxy) is 1. The topological polar surface area (TPSA) is 37.9 Å². The van der Waals surface area contributed by atoms with E-state index in [4.69, 9.17) is 4.74 Å². The van der Waals surface area contributed by atoms with E-state index in [1.165, 1.54) is 24.3 Å². The highest BCUT2D eigenvalue weighted by molar-refractivity contribution is 5.81. The van der Waals surface area contributed by atoms with Crippen molar-refractivity contribution in [3.05, 3.63) is 47.3 Å². The van der Waals surface area contributed by atoms with E-state index >= 15 is 0 Å². The first-order valence-electron chi connectivity index (χ1n) is 6.39. The maximum atomic E-state index is 14.1. The number of benzene rings is 2. The molecule has 1 N–H and O–H groups in total. The van der Waals surface area contributed by atoms with Crippen molar-refractivity contribution in [3.8, 4) is 17.1 Å². The van der Waals surface area contributed by atoms with Gasteiger partial charge >= 0.3 is 0 Å². The minimum Gasteiger partial charge on any atom is -0.497 e. The summed E-state index contributed by atoms with van der Waals surface area (Å²) in [6.45, 7) is 4.08. The van der Waals surface area contributed by atoms with Crippen LogP contribution in [-0.2, 0) is 0 Å². The van der Waals surface area contributed by atoms with Gasteiger partial charge in [-0.3, -0.25) is 0 Å². The molecule has 0 amide bonds. The Morgan fingerprint density at radius 1 is 1.10 bits per heavy atom. The number of nitrogens with zero attached hydrogens (tertiary/aromatic N) is 1. The summed E-state index contributed by atoms with van der Waals surface area (Å²) in [6, 6.07) is 8.79. The third kappa shape index (κ3) is 2.03. The molecule has 0 unspecified atom stereocenters. The quantitative estimate of drug-likeness (QED) is 0.764. The van der Waals surface area contributed by atoms with Gasteiger partial charge in [0.25, 0.3) is 0 Å². The Hall–Kier alpha value is -2.36. The molecule has 3 nitrogen and oxygen atoms in total. The fraction of sp³-hybridized carbons (Fsp3) is 0.188. The molecule has 0 aliphatic heterocycles. The van der Waals surface area contributed by atoms with Crippen LogP contribution in [0.4, 0.5) is 4.39 Å². The zero-order valence-corrected chi connectivity index (χ0v) is 11.6. The number of imidazole rings is 1. The first-order chi connectivity index (χ1) is 9.58. The number of H-pyrrole nitrogens is 1. The number of rotatable bonds is 2. The Labute approximate surface area is 116 Å². The molecule has 0 atom stereocenters. The fourth-order valence-electron chi connectivity index (χ4n) is 2.21. The lowest BCUT2D eigenvalue weighted by Crippen LogP contribution is -1.89. The van der Waals surface area contributed by atoms with Crippen LogP contribution in [0, 0.1) is 19.7 Å². The maximum absolute atomic E-state index is 14.1. The molecule has 0 aliphatic carbocycles. The Kier molecular flexibility index (Phi) is 2.93. The molecule has 2 aromatic carbocycles. The Balaban J connectivity index is 2.15. The average Bonchev–Trinajstić information content (AvgIpc) is 2.81. The smallest absolute Gasteiger partial charge is 0.141 e. The van der Waals surface area contributed by atoms with Crippen LogP contribution in [0.25, 0.3) is 22.4 Å². The number of hydrogen-bond donors (Lipinski definition) is 1. The van der Waals surface area contributed by atoms with Gasteiger partial charge in [0.05, 0.1) is 23.7 Å². The van der Waals surface area contributed by atoms with Crippen LogP contribution in [0.1, 0.15) is 11.1 Å². The van der Waals surface area contributed by atoms with Gasteiger partial charge in [-0.1, -0.05) is 0 Å². The number of nitrogens with one attached hydrogen (secondary N) is 1. The van der Waals surface area contributed by atoms with Crippen molar-refractivity contribution in [2.24, 2.45) is 0 Å². The van der Waals surface area contributed by atoms with Gasteiger partial charge in [0, 0.05) is 6.07 Å². The summed E-state index contributed by atoms with van der Waals surface area (Å²) in [4.78, 5) is 7.63. The van der Waals surface area contributed by atoms with Gasteiger partial charge in [-0.05, 0) is 49.2 Å². The van der Waals surface area contributed by atoms with Crippen LogP contribution in [0.5, 0.6) is 5.75 Å². The van der Waals surface area contributed by atoms with Gasteiger partial charge < -0.3 is 9.72 Å². The molecule has 3 rings (SSSR count). The summed E-state index contributed by atoms with van der Waals surface area (Å²) < 4.78 is 19.1. The number of aryl methyl sites for hydroxylation is 2. The molecule has 0 saturated carbocycles. The molecule has 0 saturated heterocycles. The van der Waals surface area contributed by atoms with E-state index in [0.717, 1.165) is 11.0 Å². The SMILES string of the molecule is COc1ccc(-c2nc3cc(C)c(C)cc3[nH]2)c(F)c1. The number of aromatic amines is 1. The maximum Gasteiger partial charge on any atom is 0.141 e. The van der Waals surface area contributed by atoms with Crippen molar-refractivity contribution in [2.75, 3.05) is 7.11 Å². The lowest BCUT2D eigenvalue weighted by molar-refractivity contribution is 0.411. The van der Waals surface area contributed by atoms with Crippen molar-refractivity contribution >= 4 is 11.0 Å². The van der Waals surface area contributed by atoms with Gasteiger partial charge in [-0.25, -0.2) is 9.37 Å². The van der Waals surface area contributed by atoms with E-state index < -0.39 is 0 Å². The van der Waals surface area contributed by atoms with Crippen LogP contribution >= 0.6 is 0 Å². The lowest BCUT2D eigenvalue weighted by atomic mass is 10.1. The molecule has 0 radical (unpaired) electrons. The summed E-state index contributed by atoms with van der Waals surface area (Å²) >= 11 is 0. The van der Waals surface area contributed by atoms with E-state index in [0.29, 0.717) is 17.1 Å². The molecule has 3 aromatic rings. The van der Waals surface area contributed by atoms with Crippen molar-refractivity contribution < 1.29 is 9.13 Å². The van der Waals surface area contributed by atoms with E-state index in [1.807, 2.05) is 26.0 Å². The minimum absolute atomic E-state index is 0.350. The lowest BCUT2D eigenvalue weighted by Gasteiger charge is -2.02. The van der Waals surface area contributed by atoms with Gasteiger partial charge in [0.1, 0.15) is 17.4 Å². The highest BCUT2D eigenvalue weighted by atomic mass is 19.1. The van der Waals surface area contributed by atoms with E-state index in [2.05, 4.69) is 9.97 Å². The summed E-state index contributed by atoms with van der Waals surface area (Å²) in [7, 11) is 1.52.